The van der Waals surface area contributed by atoms with E-state index in [1.807, 2.05) is 11.8 Å². The van der Waals surface area contributed by atoms with Gasteiger partial charge in [-0.2, -0.15) is 0 Å². The maximum absolute atomic E-state index is 14.4. The number of fused-ring (bicyclic) bond motifs is 1. The summed E-state index contributed by atoms with van der Waals surface area (Å²) in [6.45, 7) is 4.95. The van der Waals surface area contributed by atoms with Crippen LogP contribution in [-0.2, 0) is 6.54 Å². The molecular formula is C15H18FN4NaO3. The summed E-state index contributed by atoms with van der Waals surface area (Å²) in [5.74, 6) is -1.74. The Morgan fingerprint density at radius 1 is 1.42 bits per heavy atom. The van der Waals surface area contributed by atoms with Gasteiger partial charge in [-0.25, -0.2) is 14.2 Å². The minimum atomic E-state index is -1.33. The molecule has 0 bridgehead atoms. The van der Waals surface area contributed by atoms with Crippen molar-refractivity contribution in [1.82, 2.24) is 14.9 Å². The van der Waals surface area contributed by atoms with Gasteiger partial charge in [0.25, 0.3) is 0 Å². The molecule has 0 radical (unpaired) electrons. The predicted octanol–water partition coefficient (Wildman–Crippen LogP) is 0.0148. The molecule has 0 spiro atoms. The Labute approximate surface area is 159 Å². The Bertz CT molecular complexity index is 834. The SMILES string of the molecule is CCn1cc(C(=O)O)c(=O)c2cc(F)c(N3CCNCC3)nc21.[NaH]. The Hall–Kier alpha value is -1.48. The summed E-state index contributed by atoms with van der Waals surface area (Å²) in [5.41, 5.74) is -0.789. The van der Waals surface area contributed by atoms with Crippen molar-refractivity contribution in [2.24, 2.45) is 0 Å². The van der Waals surface area contributed by atoms with Crippen LogP contribution >= 0.6 is 0 Å². The first kappa shape index (κ1) is 18.9. The van der Waals surface area contributed by atoms with Gasteiger partial charge in [-0.15, -0.1) is 0 Å². The molecule has 2 aromatic rings. The van der Waals surface area contributed by atoms with E-state index in [-0.39, 0.29) is 46.3 Å². The zero-order chi connectivity index (χ0) is 16.6. The van der Waals surface area contributed by atoms with E-state index in [1.54, 1.807) is 4.57 Å². The number of rotatable bonds is 3. The first-order valence-corrected chi connectivity index (χ1v) is 7.45. The second-order valence-corrected chi connectivity index (χ2v) is 5.37. The number of hydrogen-bond acceptors (Lipinski definition) is 5. The number of aromatic carboxylic acids is 1. The van der Waals surface area contributed by atoms with Crippen LogP contribution in [-0.4, -0.2) is 76.4 Å². The number of piperazine rings is 1. The Kier molecular flexibility index (Phi) is 5.97. The Morgan fingerprint density at radius 2 is 2.08 bits per heavy atom. The normalized spacial score (nSPS) is 14.5. The molecule has 0 atom stereocenters. The summed E-state index contributed by atoms with van der Waals surface area (Å²) in [6.07, 6.45) is 1.26. The van der Waals surface area contributed by atoms with Crippen molar-refractivity contribution in [3.63, 3.8) is 0 Å². The van der Waals surface area contributed by atoms with E-state index in [9.17, 15) is 14.0 Å². The van der Waals surface area contributed by atoms with E-state index in [1.165, 1.54) is 6.20 Å². The Balaban J connectivity index is 0.00000208. The van der Waals surface area contributed by atoms with Crippen LogP contribution in [0.3, 0.4) is 0 Å². The van der Waals surface area contributed by atoms with Crippen LogP contribution in [0.5, 0.6) is 0 Å². The van der Waals surface area contributed by atoms with Crippen molar-refractivity contribution in [2.45, 2.75) is 13.5 Å². The molecule has 7 nitrogen and oxygen atoms in total. The molecule has 3 heterocycles. The zero-order valence-electron chi connectivity index (χ0n) is 12.7. The van der Waals surface area contributed by atoms with Gasteiger partial charge in [0, 0.05) is 38.9 Å². The number of aromatic nitrogens is 2. The molecule has 24 heavy (non-hydrogen) atoms. The number of carboxylic acids is 1. The fraction of sp³-hybridized carbons (Fsp3) is 0.400. The predicted molar refractivity (Wildman–Crippen MR) is 90.8 cm³/mol. The van der Waals surface area contributed by atoms with Crippen molar-refractivity contribution in [3.05, 3.63) is 33.9 Å². The van der Waals surface area contributed by atoms with Crippen molar-refractivity contribution in [1.29, 1.82) is 0 Å². The van der Waals surface area contributed by atoms with E-state index < -0.39 is 17.2 Å². The quantitative estimate of drug-likeness (QED) is 0.763. The van der Waals surface area contributed by atoms with Crippen LogP contribution in [0.1, 0.15) is 17.3 Å². The fourth-order valence-corrected chi connectivity index (χ4v) is 2.77. The molecular weight excluding hydrogens is 326 g/mol. The molecule has 0 saturated carbocycles. The van der Waals surface area contributed by atoms with Gasteiger partial charge in [-0.3, -0.25) is 4.79 Å². The van der Waals surface area contributed by atoms with Gasteiger partial charge in [-0.1, -0.05) is 0 Å². The molecule has 1 aliphatic rings. The van der Waals surface area contributed by atoms with Gasteiger partial charge in [0.1, 0.15) is 11.2 Å². The summed E-state index contributed by atoms with van der Waals surface area (Å²) >= 11 is 0. The molecule has 2 N–H and O–H groups in total. The van der Waals surface area contributed by atoms with E-state index in [4.69, 9.17) is 5.11 Å². The van der Waals surface area contributed by atoms with Gasteiger partial charge in [0.05, 0.1) is 5.39 Å². The summed E-state index contributed by atoms with van der Waals surface area (Å²) in [4.78, 5) is 29.6. The van der Waals surface area contributed by atoms with Crippen molar-refractivity contribution >= 4 is 52.4 Å². The first-order valence-electron chi connectivity index (χ1n) is 7.45. The van der Waals surface area contributed by atoms with Gasteiger partial charge in [0.15, 0.2) is 11.6 Å². The maximum atomic E-state index is 14.4. The summed E-state index contributed by atoms with van der Waals surface area (Å²) in [6, 6.07) is 1.10. The van der Waals surface area contributed by atoms with Crippen LogP contribution in [0.4, 0.5) is 10.2 Å². The van der Waals surface area contributed by atoms with Crippen LogP contribution in [0.2, 0.25) is 0 Å². The molecule has 9 heteroatoms. The second-order valence-electron chi connectivity index (χ2n) is 5.37. The average molecular weight is 344 g/mol. The zero-order valence-corrected chi connectivity index (χ0v) is 12.7. The van der Waals surface area contributed by atoms with E-state index >= 15 is 0 Å². The summed E-state index contributed by atoms with van der Waals surface area (Å²) in [5, 5.41) is 12.3. The third-order valence-electron chi connectivity index (χ3n) is 3.97. The van der Waals surface area contributed by atoms with E-state index in [0.717, 1.165) is 19.2 Å². The number of nitrogens with zero attached hydrogens (tertiary/aromatic N) is 3. The summed E-state index contributed by atoms with van der Waals surface area (Å²) < 4.78 is 16.0. The number of halogens is 1. The standard InChI is InChI=1S/C15H17FN4O3.Na.H/c1-2-19-8-10(15(22)23)12(21)9-7-11(16)14(18-13(9)19)20-5-3-17-4-6-20;;/h7-8,17H,2-6H2,1H3,(H,22,23);;. The monoisotopic (exact) mass is 344 g/mol. The molecule has 124 valence electrons. The van der Waals surface area contributed by atoms with Crippen LogP contribution in [0.15, 0.2) is 17.1 Å². The first-order chi connectivity index (χ1) is 11.0. The summed E-state index contributed by atoms with van der Waals surface area (Å²) in [7, 11) is 0. The number of pyridine rings is 2. The van der Waals surface area contributed by atoms with Crippen molar-refractivity contribution in [3.8, 4) is 0 Å². The van der Waals surface area contributed by atoms with Gasteiger partial charge in [-0.05, 0) is 13.0 Å². The molecule has 0 unspecified atom stereocenters. The third-order valence-corrected chi connectivity index (χ3v) is 3.97. The number of carboxylic acid groups (broad SMARTS) is 1. The third kappa shape index (κ3) is 3.32. The number of hydrogen-bond donors (Lipinski definition) is 2. The van der Waals surface area contributed by atoms with Crippen LogP contribution in [0.25, 0.3) is 11.0 Å². The van der Waals surface area contributed by atoms with Crippen molar-refractivity contribution in [2.75, 3.05) is 31.1 Å². The molecule has 1 fully saturated rings. The number of anilines is 1. The molecule has 1 aliphatic heterocycles. The van der Waals surface area contributed by atoms with Crippen molar-refractivity contribution < 1.29 is 14.3 Å². The fourth-order valence-electron chi connectivity index (χ4n) is 2.77. The topological polar surface area (TPSA) is 87.5 Å². The van der Waals surface area contributed by atoms with Crippen LogP contribution < -0.4 is 15.6 Å². The minimum absolute atomic E-state index is 0. The molecule has 0 amide bonds. The van der Waals surface area contributed by atoms with E-state index in [0.29, 0.717) is 25.3 Å². The van der Waals surface area contributed by atoms with E-state index in [2.05, 4.69) is 10.3 Å². The Morgan fingerprint density at radius 3 is 2.67 bits per heavy atom. The number of carbonyl (C=O) groups is 1. The molecule has 2 aromatic heterocycles. The van der Waals surface area contributed by atoms with Gasteiger partial charge in [0.2, 0.25) is 5.43 Å². The van der Waals surface area contributed by atoms with Gasteiger partial charge < -0.3 is 19.9 Å². The molecule has 3 rings (SSSR count). The molecule has 0 aromatic carbocycles. The van der Waals surface area contributed by atoms with Gasteiger partial charge >= 0.3 is 35.5 Å². The molecule has 1 saturated heterocycles. The second kappa shape index (κ2) is 7.60. The number of nitrogens with one attached hydrogen (secondary N) is 1. The average Bonchev–Trinajstić information content (AvgIpc) is 2.55. The number of aryl methyl sites for hydroxylation is 1. The van der Waals surface area contributed by atoms with Crippen LogP contribution in [0, 0.1) is 5.82 Å². The molecule has 0 aliphatic carbocycles.